The van der Waals surface area contributed by atoms with Crippen LogP contribution in [0, 0.1) is 0 Å². The number of alkyl halides is 8. The van der Waals surface area contributed by atoms with Crippen LogP contribution in [0.15, 0.2) is 95.2 Å². The maximum atomic E-state index is 14.1. The summed E-state index contributed by atoms with van der Waals surface area (Å²) in [6, 6.07) is 0. The van der Waals surface area contributed by atoms with Crippen molar-refractivity contribution in [2.45, 2.75) is 212 Å². The zero-order valence-electron chi connectivity index (χ0n) is 80.6. The minimum Gasteiger partial charge on any atom is -0.867 e. The molecule has 0 fully saturated rings. The molecule has 8 heterocycles. The van der Waals surface area contributed by atoms with Crippen molar-refractivity contribution in [1.29, 1.82) is 0 Å². The predicted molar refractivity (Wildman–Crippen MR) is 429 cm³/mol. The van der Waals surface area contributed by atoms with Gasteiger partial charge in [-0.25, -0.2) is 0 Å². The SMILES string of the molecule is CB(C)C[N+]1(F)C(F)=C(F)N(C)C1(C)F.CB(C)C[N+]1(F)C(F)=C(F)N(C)C1(C)F.CB(C)C[N+]1(F)C(F)=C(F)N(C)C1(C)F.CB(C)C[N+]1(F)C(F)=C(F)N(C)C1(C)F.CB(C)C[N+]1(F)C(F)=C(F)N(C)C1(C)F.CB(C)C[N+]1(F)C(F)=C(F)N(C)C1(C)F.CB(C)C[N+]1(F)C(F)=C(F)N(C)C1(C)F.CB(C)C[N+]1(F)C(F)=C(F)N(C)C1(C)F.[O-]B([O-])F.[O-]B([O-])F.[O-]B([O-])F.[O-]B([O-])F. The minimum absolute atomic E-state index is 0.296. The second-order valence-corrected chi connectivity index (χ2v) is 35.8. The summed E-state index contributed by atoms with van der Waals surface area (Å²) in [5.41, 5.74) is 0. The maximum Gasteiger partial charge on any atom is 0.380 e. The molecule has 16 unspecified atom stereocenters. The normalized spacial score (nSPS) is 32.9. The summed E-state index contributed by atoms with van der Waals surface area (Å²) >= 11 is 0. The van der Waals surface area contributed by atoms with Gasteiger partial charge in [-0.15, -0.1) is 35.1 Å². The number of rotatable bonds is 16. The van der Waals surface area contributed by atoms with Crippen LogP contribution in [0.1, 0.15) is 55.4 Å². The summed E-state index contributed by atoms with van der Waals surface area (Å²) in [5.74, 6) is -47.4. The van der Waals surface area contributed by atoms with Gasteiger partial charge in [0.15, 0.2) is 0 Å². The third-order valence-corrected chi connectivity index (χ3v) is 21.2. The van der Waals surface area contributed by atoms with Crippen LogP contribution < -0.4 is 40.2 Å². The van der Waals surface area contributed by atoms with E-state index in [0.717, 1.165) is 112 Å². The van der Waals surface area contributed by atoms with E-state index in [9.17, 15) is 158 Å². The lowest BCUT2D eigenvalue weighted by atomic mass is 9.54. The van der Waals surface area contributed by atoms with Crippen LogP contribution in [0.3, 0.4) is 0 Å². The highest BCUT2D eigenvalue weighted by Gasteiger charge is 2.74. The van der Waals surface area contributed by atoms with Gasteiger partial charge in [-0.05, 0) is 37.6 Å². The van der Waals surface area contributed by atoms with Gasteiger partial charge in [-0.1, -0.05) is 109 Å². The van der Waals surface area contributed by atoms with Crippen LogP contribution in [-0.2, 0) is 0 Å². The first kappa shape index (κ1) is 136. The van der Waals surface area contributed by atoms with Gasteiger partial charge in [0.1, 0.15) is 29.6 Å². The van der Waals surface area contributed by atoms with Crippen LogP contribution in [0.4, 0.5) is 158 Å². The van der Waals surface area contributed by atoms with Gasteiger partial charge in [0, 0.05) is 148 Å². The third-order valence-electron chi connectivity index (χ3n) is 21.2. The quantitative estimate of drug-likeness (QED) is 0.0609. The van der Waals surface area contributed by atoms with E-state index in [1.54, 1.807) is 109 Å². The molecule has 0 bridgehead atoms. The summed E-state index contributed by atoms with van der Waals surface area (Å²) in [6.07, 6.45) is -3.58. The number of hydrogen-bond donors (Lipinski definition) is 0. The Hall–Kier alpha value is -6.06. The fourth-order valence-corrected chi connectivity index (χ4v) is 13.0. The van der Waals surface area contributed by atoms with Crippen LogP contribution in [0.5, 0.6) is 0 Å². The Balaban J connectivity index is -0.000000715. The monoisotopic (exact) mass is 2050 g/mol. The van der Waals surface area contributed by atoms with Crippen molar-refractivity contribution in [2.24, 2.45) is 0 Å². The van der Waals surface area contributed by atoms with Gasteiger partial charge in [0.2, 0.25) is 53.7 Å². The highest BCUT2D eigenvalue weighted by molar-refractivity contribution is 6.57. The summed E-state index contributed by atoms with van der Waals surface area (Å²) < 4.78 is 457. The summed E-state index contributed by atoms with van der Waals surface area (Å²) in [4.78, 5) is 2.70. The molecule has 784 valence electrons. The summed E-state index contributed by atoms with van der Waals surface area (Å²) in [6.45, 7) is 30.0. The molecule has 0 saturated heterocycles. The Kier molecular flexibility index (Phi) is 49.8. The third kappa shape index (κ3) is 29.1. The Bertz CT molecular complexity index is 3410. The van der Waals surface area contributed by atoms with Crippen molar-refractivity contribution < 1.29 is 236 Å². The molecular formula is C64H112B12F36N16O8. The van der Waals surface area contributed by atoms with E-state index in [1.807, 2.05) is 0 Å². The van der Waals surface area contributed by atoms with E-state index in [4.69, 9.17) is 40.2 Å². The van der Waals surface area contributed by atoms with Crippen molar-refractivity contribution in [3.05, 3.63) is 95.2 Å². The van der Waals surface area contributed by atoms with E-state index in [-0.39, 0.29) is 53.7 Å². The summed E-state index contributed by atoms with van der Waals surface area (Å²) in [7, 11) is -4.82. The molecule has 16 atom stereocenters. The molecular weight excluding hydrogens is 1930 g/mol. The largest absolute Gasteiger partial charge is 0.867 e. The first-order valence-electron chi connectivity index (χ1n) is 40.4. The molecule has 0 aromatic heterocycles. The van der Waals surface area contributed by atoms with Crippen molar-refractivity contribution in [1.82, 2.24) is 39.2 Å². The van der Waals surface area contributed by atoms with Gasteiger partial charge >= 0.3 is 94.9 Å². The van der Waals surface area contributed by atoms with Crippen molar-refractivity contribution in [3.63, 3.8) is 0 Å². The molecule has 0 saturated carbocycles. The number of quaternary nitrogens is 8. The van der Waals surface area contributed by atoms with Crippen molar-refractivity contribution in [2.75, 3.05) is 108 Å². The van der Waals surface area contributed by atoms with Gasteiger partial charge in [-0.3, -0.25) is 39.2 Å². The number of halogens is 36. The van der Waals surface area contributed by atoms with E-state index in [0.29, 0.717) is 39.2 Å². The Morgan fingerprint density at radius 2 is 0.235 bits per heavy atom. The zero-order chi connectivity index (χ0) is 110. The second-order valence-electron chi connectivity index (χ2n) is 35.8. The zero-order valence-corrected chi connectivity index (χ0v) is 80.6. The van der Waals surface area contributed by atoms with Crippen LogP contribution >= 0.6 is 0 Å². The first-order chi connectivity index (χ1) is 60.1. The Morgan fingerprint density at radius 3 is 0.265 bits per heavy atom. The molecule has 0 radical (unpaired) electrons. The van der Waals surface area contributed by atoms with Gasteiger partial charge in [0.25, 0.3) is 47.6 Å². The van der Waals surface area contributed by atoms with Crippen LogP contribution in [0.25, 0.3) is 0 Å². The van der Waals surface area contributed by atoms with Gasteiger partial charge < -0.3 is 57.5 Å². The molecule has 136 heavy (non-hydrogen) atoms. The number of nitrogens with zero attached hydrogens (tertiary/aromatic N) is 16. The van der Waals surface area contributed by atoms with E-state index in [1.165, 1.54) is 0 Å². The Morgan fingerprint density at radius 1 is 0.184 bits per heavy atom. The second kappa shape index (κ2) is 49.8. The van der Waals surface area contributed by atoms with E-state index < -0.39 is 261 Å². The van der Waals surface area contributed by atoms with E-state index in [2.05, 4.69) is 0 Å². The molecule has 72 heteroatoms. The van der Waals surface area contributed by atoms with Crippen molar-refractivity contribution in [3.8, 4) is 0 Å². The number of hydrogen-bond acceptors (Lipinski definition) is 16. The molecule has 24 nitrogen and oxygen atoms in total. The molecule has 8 aliphatic rings. The molecule has 8 aliphatic heterocycles. The lowest BCUT2D eigenvalue weighted by Crippen LogP contribution is -2.58. The molecule has 8 rings (SSSR count). The lowest BCUT2D eigenvalue weighted by Gasteiger charge is -2.32. The Labute approximate surface area is 771 Å². The maximum absolute atomic E-state index is 14.1. The van der Waals surface area contributed by atoms with Gasteiger partial charge in [0.05, 0.1) is 51.6 Å². The first-order valence-corrected chi connectivity index (χ1v) is 40.4. The average Bonchev–Trinajstić information content (AvgIpc) is 1.64. The molecule has 0 aliphatic carbocycles. The average molecular weight is 2050 g/mol. The van der Waals surface area contributed by atoms with Crippen molar-refractivity contribution >= 4 is 83.3 Å². The lowest BCUT2D eigenvalue weighted by molar-refractivity contribution is -1.08. The molecule has 0 spiro atoms. The standard InChI is InChI=1S/8C8H14BF4N2.4BFO2/c8*1-8(12)14(4)6(10)7(11)15(8,13)5-9(2)3;4*2-1(3)4/h8*5H2,1-4H3;;;;/q8*+1;4*-2. The summed E-state index contributed by atoms with van der Waals surface area (Å²) in [5, 5.41) is 66.4. The predicted octanol–water partition coefficient (Wildman–Crippen LogP) is 11.7. The fourth-order valence-electron chi connectivity index (χ4n) is 13.0. The highest BCUT2D eigenvalue weighted by atomic mass is 19.3. The van der Waals surface area contributed by atoms with Crippen LogP contribution in [-0.4, -0.2) is 315 Å². The molecule has 0 N–H and O–H groups in total. The van der Waals surface area contributed by atoms with E-state index >= 15 is 0 Å². The molecule has 0 amide bonds. The van der Waals surface area contributed by atoms with Gasteiger partial charge in [-0.2, -0.15) is 70.2 Å². The molecule has 0 aromatic carbocycles. The smallest absolute Gasteiger partial charge is 0.380 e. The highest BCUT2D eigenvalue weighted by Crippen LogP contribution is 2.54. The molecule has 0 aromatic rings. The minimum atomic E-state index is -3.17. The van der Waals surface area contributed by atoms with Crippen LogP contribution in [0.2, 0.25) is 109 Å². The fraction of sp³-hybridized carbons (Fsp3) is 0.750. The topological polar surface area (TPSA) is 210 Å².